The average Bonchev–Trinajstić information content (AvgIpc) is 2.71. The Morgan fingerprint density at radius 3 is 2.16 bits per heavy atom. The van der Waals surface area contributed by atoms with Crippen molar-refractivity contribution in [3.05, 3.63) is 88.4 Å². The molecule has 0 atom stereocenters. The molecular weight excluding hydrogens is 450 g/mol. The van der Waals surface area contributed by atoms with Gasteiger partial charge in [-0.3, -0.25) is 9.59 Å². The lowest BCUT2D eigenvalue weighted by molar-refractivity contribution is 0.101. The fraction of sp³-hybridized carbons (Fsp3) is 0.0476. The van der Waals surface area contributed by atoms with Crippen LogP contribution in [0.2, 0.25) is 5.02 Å². The normalized spacial score (nSPS) is 11.1. The van der Waals surface area contributed by atoms with E-state index in [1.54, 1.807) is 0 Å². The maximum Gasteiger partial charge on any atom is 0.255 e. The van der Waals surface area contributed by atoms with E-state index in [0.717, 1.165) is 24.5 Å². The molecule has 0 radical (unpaired) electrons. The van der Waals surface area contributed by atoms with Crippen LogP contribution in [-0.4, -0.2) is 26.5 Å². The SMILES string of the molecule is CS(=O)(=O)c1cccc(C(=O)Nc2ccc(NC(=O)c3ccc(F)c(F)c3)cc2Cl)c1. The molecule has 0 saturated carbocycles. The summed E-state index contributed by atoms with van der Waals surface area (Å²) in [6, 6.07) is 12.5. The first-order valence-corrected chi connectivity index (χ1v) is 11.0. The molecule has 3 aromatic rings. The van der Waals surface area contributed by atoms with Gasteiger partial charge in [0.1, 0.15) is 0 Å². The Bertz CT molecular complexity index is 1300. The zero-order chi connectivity index (χ0) is 22.8. The molecule has 31 heavy (non-hydrogen) atoms. The summed E-state index contributed by atoms with van der Waals surface area (Å²) in [5, 5.41) is 5.14. The zero-order valence-corrected chi connectivity index (χ0v) is 17.5. The number of rotatable bonds is 5. The van der Waals surface area contributed by atoms with Crippen LogP contribution in [0.4, 0.5) is 20.2 Å². The molecule has 3 aromatic carbocycles. The molecule has 10 heteroatoms. The molecule has 0 bridgehead atoms. The monoisotopic (exact) mass is 464 g/mol. The van der Waals surface area contributed by atoms with Gasteiger partial charge in [-0.15, -0.1) is 0 Å². The highest BCUT2D eigenvalue weighted by Crippen LogP contribution is 2.27. The molecule has 0 aromatic heterocycles. The van der Waals surface area contributed by atoms with Gasteiger partial charge in [0, 0.05) is 23.1 Å². The van der Waals surface area contributed by atoms with E-state index in [4.69, 9.17) is 11.6 Å². The highest BCUT2D eigenvalue weighted by atomic mass is 35.5. The largest absolute Gasteiger partial charge is 0.322 e. The third kappa shape index (κ3) is 5.44. The smallest absolute Gasteiger partial charge is 0.255 e. The fourth-order valence-corrected chi connectivity index (χ4v) is 3.49. The minimum absolute atomic E-state index is 0.00142. The zero-order valence-electron chi connectivity index (χ0n) is 15.9. The maximum atomic E-state index is 13.3. The first kappa shape index (κ1) is 22.4. The summed E-state index contributed by atoms with van der Waals surface area (Å²) in [6.07, 6.45) is 1.04. The molecule has 0 spiro atoms. The van der Waals surface area contributed by atoms with Crippen LogP contribution in [-0.2, 0) is 9.84 Å². The van der Waals surface area contributed by atoms with E-state index in [2.05, 4.69) is 10.6 Å². The third-order valence-electron chi connectivity index (χ3n) is 4.18. The lowest BCUT2D eigenvalue weighted by Gasteiger charge is -2.11. The van der Waals surface area contributed by atoms with E-state index in [1.165, 1.54) is 42.5 Å². The standard InChI is InChI=1S/C21H15ClF2N2O4S/c1-31(29,30)15-4-2-3-12(9-15)21(28)26-19-8-6-14(11-16(19)22)25-20(27)13-5-7-17(23)18(24)10-13/h2-11H,1H3,(H,25,27)(H,26,28). The number of halogens is 3. The van der Waals surface area contributed by atoms with Gasteiger partial charge in [-0.1, -0.05) is 17.7 Å². The molecule has 0 aliphatic heterocycles. The van der Waals surface area contributed by atoms with Crippen molar-refractivity contribution >= 4 is 44.6 Å². The molecule has 0 heterocycles. The van der Waals surface area contributed by atoms with Crippen LogP contribution in [0.3, 0.4) is 0 Å². The summed E-state index contributed by atoms with van der Waals surface area (Å²) >= 11 is 6.17. The Hall–Kier alpha value is -3.30. The van der Waals surface area contributed by atoms with Crippen molar-refractivity contribution in [3.63, 3.8) is 0 Å². The van der Waals surface area contributed by atoms with Crippen LogP contribution in [0.15, 0.2) is 65.6 Å². The number of carbonyl (C=O) groups excluding carboxylic acids is 2. The van der Waals surface area contributed by atoms with Gasteiger partial charge < -0.3 is 10.6 Å². The summed E-state index contributed by atoms with van der Waals surface area (Å²) in [4.78, 5) is 24.6. The summed E-state index contributed by atoms with van der Waals surface area (Å²) < 4.78 is 49.6. The predicted octanol–water partition coefficient (Wildman–Crippen LogP) is 4.53. The molecule has 0 aliphatic rings. The molecular formula is C21H15ClF2N2O4S. The average molecular weight is 465 g/mol. The molecule has 2 amide bonds. The van der Waals surface area contributed by atoms with Crippen molar-refractivity contribution < 1.29 is 26.8 Å². The first-order chi connectivity index (χ1) is 14.5. The molecule has 6 nitrogen and oxygen atoms in total. The second kappa shape index (κ2) is 8.83. The van der Waals surface area contributed by atoms with Crippen LogP contribution in [0.25, 0.3) is 0 Å². The number of hydrogen-bond donors (Lipinski definition) is 2. The van der Waals surface area contributed by atoms with Gasteiger partial charge in [0.25, 0.3) is 11.8 Å². The minimum Gasteiger partial charge on any atom is -0.322 e. The van der Waals surface area contributed by atoms with Crippen LogP contribution in [0, 0.1) is 11.6 Å². The van der Waals surface area contributed by atoms with Crippen molar-refractivity contribution in [3.8, 4) is 0 Å². The Morgan fingerprint density at radius 1 is 0.839 bits per heavy atom. The van der Waals surface area contributed by atoms with Gasteiger partial charge in [0.2, 0.25) is 0 Å². The topological polar surface area (TPSA) is 92.3 Å². The number of benzene rings is 3. The molecule has 0 fully saturated rings. The minimum atomic E-state index is -3.48. The van der Waals surface area contributed by atoms with Crippen molar-refractivity contribution in [2.45, 2.75) is 4.90 Å². The summed E-state index contributed by atoms with van der Waals surface area (Å²) in [6.45, 7) is 0. The van der Waals surface area contributed by atoms with Crippen molar-refractivity contribution in [1.82, 2.24) is 0 Å². The van der Waals surface area contributed by atoms with Crippen molar-refractivity contribution in [2.75, 3.05) is 16.9 Å². The summed E-state index contributed by atoms with van der Waals surface area (Å²) in [5.41, 5.74) is 0.520. The van der Waals surface area contributed by atoms with E-state index in [1.807, 2.05) is 0 Å². The van der Waals surface area contributed by atoms with Gasteiger partial charge in [-0.2, -0.15) is 0 Å². The van der Waals surface area contributed by atoms with E-state index >= 15 is 0 Å². The van der Waals surface area contributed by atoms with Gasteiger partial charge in [-0.05, 0) is 54.6 Å². The highest BCUT2D eigenvalue weighted by Gasteiger charge is 2.14. The van der Waals surface area contributed by atoms with E-state index in [-0.39, 0.29) is 32.4 Å². The second-order valence-corrected chi connectivity index (χ2v) is 8.95. The second-order valence-electron chi connectivity index (χ2n) is 6.53. The number of amides is 2. The van der Waals surface area contributed by atoms with Crippen LogP contribution >= 0.6 is 11.6 Å². The lowest BCUT2D eigenvalue weighted by Crippen LogP contribution is -2.14. The van der Waals surface area contributed by atoms with Crippen LogP contribution in [0.5, 0.6) is 0 Å². The van der Waals surface area contributed by atoms with E-state index in [9.17, 15) is 26.8 Å². The number of hydrogen-bond acceptors (Lipinski definition) is 4. The lowest BCUT2D eigenvalue weighted by atomic mass is 10.2. The molecule has 0 unspecified atom stereocenters. The van der Waals surface area contributed by atoms with Gasteiger partial charge >= 0.3 is 0 Å². The quantitative estimate of drug-likeness (QED) is 0.580. The Morgan fingerprint density at radius 2 is 1.52 bits per heavy atom. The Kier molecular flexibility index (Phi) is 6.37. The van der Waals surface area contributed by atoms with Gasteiger partial charge in [0.05, 0.1) is 15.6 Å². The maximum absolute atomic E-state index is 13.3. The van der Waals surface area contributed by atoms with Crippen molar-refractivity contribution in [1.29, 1.82) is 0 Å². The number of carbonyl (C=O) groups is 2. The van der Waals surface area contributed by atoms with E-state index in [0.29, 0.717) is 0 Å². The van der Waals surface area contributed by atoms with Crippen LogP contribution < -0.4 is 10.6 Å². The predicted molar refractivity (Wildman–Crippen MR) is 113 cm³/mol. The number of nitrogens with one attached hydrogen (secondary N) is 2. The number of anilines is 2. The Labute approximate surface area is 181 Å². The highest BCUT2D eigenvalue weighted by molar-refractivity contribution is 7.90. The fourth-order valence-electron chi connectivity index (χ4n) is 2.60. The molecule has 160 valence electrons. The van der Waals surface area contributed by atoms with Crippen molar-refractivity contribution in [2.24, 2.45) is 0 Å². The molecule has 2 N–H and O–H groups in total. The van der Waals surface area contributed by atoms with E-state index < -0.39 is 33.3 Å². The molecule has 3 rings (SSSR count). The third-order valence-corrected chi connectivity index (χ3v) is 5.60. The summed E-state index contributed by atoms with van der Waals surface area (Å²) in [7, 11) is -3.48. The first-order valence-electron chi connectivity index (χ1n) is 8.72. The van der Waals surface area contributed by atoms with Gasteiger partial charge in [0.15, 0.2) is 21.5 Å². The number of sulfone groups is 1. The molecule has 0 saturated heterocycles. The van der Waals surface area contributed by atoms with Gasteiger partial charge in [-0.25, -0.2) is 17.2 Å². The molecule has 0 aliphatic carbocycles. The summed E-state index contributed by atoms with van der Waals surface area (Å²) in [5.74, 6) is -3.47. The van der Waals surface area contributed by atoms with Crippen LogP contribution in [0.1, 0.15) is 20.7 Å². The Balaban J connectivity index is 1.74.